The van der Waals surface area contributed by atoms with Gasteiger partial charge in [0.05, 0.1) is 6.42 Å². The lowest BCUT2D eigenvalue weighted by atomic mass is 10.1. The first-order valence-electron chi connectivity index (χ1n) is 3.93. The summed E-state index contributed by atoms with van der Waals surface area (Å²) in [5.41, 5.74) is 0.847. The maximum Gasteiger partial charge on any atom is 0.393 e. The highest BCUT2D eigenvalue weighted by molar-refractivity contribution is 7.80. The summed E-state index contributed by atoms with van der Waals surface area (Å²) in [6.45, 7) is 3.49. The van der Waals surface area contributed by atoms with E-state index in [9.17, 15) is 13.2 Å². The third-order valence-electron chi connectivity index (χ3n) is 1.73. The lowest BCUT2D eigenvalue weighted by Crippen LogP contribution is -2.12. The Hall–Kier alpha value is -0.900. The smallest absolute Gasteiger partial charge is 0.171 e. The van der Waals surface area contributed by atoms with Gasteiger partial charge in [-0.3, -0.25) is 0 Å². The summed E-state index contributed by atoms with van der Waals surface area (Å²) in [5, 5.41) is 0. The Morgan fingerprint density at radius 2 is 2.00 bits per heavy atom. The van der Waals surface area contributed by atoms with Gasteiger partial charge in [-0.1, -0.05) is 24.8 Å². The third-order valence-corrected chi connectivity index (χ3v) is 2.17. The van der Waals surface area contributed by atoms with E-state index in [0.29, 0.717) is 10.5 Å². The molecule has 0 aliphatic carbocycles. The van der Waals surface area contributed by atoms with Gasteiger partial charge in [-0.25, -0.2) is 0 Å². The van der Waals surface area contributed by atoms with Gasteiger partial charge >= 0.3 is 6.18 Å². The minimum atomic E-state index is -4.20. The van der Waals surface area contributed by atoms with Crippen molar-refractivity contribution in [2.45, 2.75) is 17.5 Å². The average Bonchev–Trinajstić information content (AvgIpc) is 2.06. The molecule has 0 spiro atoms. The largest absolute Gasteiger partial charge is 0.393 e. The zero-order valence-electron chi connectivity index (χ0n) is 7.30. The first kappa shape index (κ1) is 11.2. The van der Waals surface area contributed by atoms with Crippen molar-refractivity contribution in [2.24, 2.45) is 0 Å². The second kappa shape index (κ2) is 4.09. The van der Waals surface area contributed by atoms with E-state index in [1.807, 2.05) is 0 Å². The Morgan fingerprint density at radius 3 is 2.50 bits per heavy atom. The van der Waals surface area contributed by atoms with Gasteiger partial charge in [-0.2, -0.15) is 13.2 Å². The SMILES string of the molecule is C=Cc1ccc(S)c(CC(F)(F)F)c1. The van der Waals surface area contributed by atoms with Crippen LogP contribution in [0.4, 0.5) is 13.2 Å². The number of hydrogen-bond donors (Lipinski definition) is 1. The normalized spacial score (nSPS) is 11.4. The molecule has 1 aromatic rings. The van der Waals surface area contributed by atoms with E-state index >= 15 is 0 Å². The number of rotatable bonds is 2. The van der Waals surface area contributed by atoms with E-state index in [1.54, 1.807) is 12.1 Å². The number of thiol groups is 1. The molecule has 0 aliphatic rings. The average molecular weight is 218 g/mol. The van der Waals surface area contributed by atoms with Crippen LogP contribution < -0.4 is 0 Å². The van der Waals surface area contributed by atoms with E-state index in [-0.39, 0.29) is 5.56 Å². The highest BCUT2D eigenvalue weighted by atomic mass is 32.1. The lowest BCUT2D eigenvalue weighted by molar-refractivity contribution is -0.127. The molecule has 0 aromatic heterocycles. The van der Waals surface area contributed by atoms with Gasteiger partial charge in [-0.15, -0.1) is 12.6 Å². The molecule has 0 atom stereocenters. The summed E-state index contributed by atoms with van der Waals surface area (Å²) in [6.07, 6.45) is -3.64. The van der Waals surface area contributed by atoms with Crippen molar-refractivity contribution in [1.29, 1.82) is 0 Å². The molecule has 0 saturated heterocycles. The molecule has 0 nitrogen and oxygen atoms in total. The molecule has 0 unspecified atom stereocenters. The Labute approximate surface area is 85.9 Å². The Morgan fingerprint density at radius 1 is 1.36 bits per heavy atom. The van der Waals surface area contributed by atoms with Crippen molar-refractivity contribution >= 4 is 18.7 Å². The summed E-state index contributed by atoms with van der Waals surface area (Å²) in [4.78, 5) is 0.355. The number of alkyl halides is 3. The van der Waals surface area contributed by atoms with E-state index in [1.165, 1.54) is 12.1 Å². The van der Waals surface area contributed by atoms with Crippen LogP contribution in [0.25, 0.3) is 6.08 Å². The van der Waals surface area contributed by atoms with Crippen molar-refractivity contribution < 1.29 is 13.2 Å². The molecule has 14 heavy (non-hydrogen) atoms. The first-order chi connectivity index (χ1) is 6.42. The fourth-order valence-electron chi connectivity index (χ4n) is 1.09. The zero-order valence-corrected chi connectivity index (χ0v) is 8.20. The zero-order chi connectivity index (χ0) is 10.8. The fraction of sp³-hybridized carbons (Fsp3) is 0.200. The topological polar surface area (TPSA) is 0 Å². The molecule has 1 aromatic carbocycles. The van der Waals surface area contributed by atoms with Crippen molar-refractivity contribution in [3.63, 3.8) is 0 Å². The Bertz CT molecular complexity index is 342. The van der Waals surface area contributed by atoms with Crippen molar-refractivity contribution in [2.75, 3.05) is 0 Å². The first-order valence-corrected chi connectivity index (χ1v) is 4.38. The molecule has 0 saturated carbocycles. The maximum atomic E-state index is 12.1. The highest BCUT2D eigenvalue weighted by Gasteiger charge is 2.28. The standard InChI is InChI=1S/C10H9F3S/c1-2-7-3-4-9(14)8(5-7)6-10(11,12)13/h2-5,14H,1,6H2. The molecule has 0 heterocycles. The molecular formula is C10H9F3S. The van der Waals surface area contributed by atoms with Crippen LogP contribution in [-0.2, 0) is 6.42 Å². The summed E-state index contributed by atoms with van der Waals surface area (Å²) in [7, 11) is 0. The number of halogens is 3. The summed E-state index contributed by atoms with van der Waals surface area (Å²) < 4.78 is 36.3. The number of benzene rings is 1. The minimum Gasteiger partial charge on any atom is -0.171 e. The van der Waals surface area contributed by atoms with Crippen LogP contribution in [0.15, 0.2) is 29.7 Å². The van der Waals surface area contributed by atoms with Crippen LogP contribution in [0.5, 0.6) is 0 Å². The fourth-order valence-corrected chi connectivity index (χ4v) is 1.31. The lowest BCUT2D eigenvalue weighted by Gasteiger charge is -2.09. The van der Waals surface area contributed by atoms with E-state index in [0.717, 1.165) is 0 Å². The van der Waals surface area contributed by atoms with Crippen LogP contribution in [0.1, 0.15) is 11.1 Å². The summed E-state index contributed by atoms with van der Waals surface area (Å²) >= 11 is 3.96. The van der Waals surface area contributed by atoms with Gasteiger partial charge in [0.15, 0.2) is 0 Å². The molecule has 4 heteroatoms. The van der Waals surface area contributed by atoms with E-state index in [4.69, 9.17) is 0 Å². The van der Waals surface area contributed by atoms with Crippen LogP contribution in [-0.4, -0.2) is 6.18 Å². The van der Waals surface area contributed by atoms with Gasteiger partial charge in [0, 0.05) is 4.90 Å². The molecule has 0 radical (unpaired) electrons. The Balaban J connectivity index is 3.01. The molecule has 0 N–H and O–H groups in total. The molecule has 1 rings (SSSR count). The van der Waals surface area contributed by atoms with Crippen LogP contribution in [0.2, 0.25) is 0 Å². The van der Waals surface area contributed by atoms with Gasteiger partial charge in [0.1, 0.15) is 0 Å². The maximum absolute atomic E-state index is 12.1. The summed E-state index contributed by atoms with van der Waals surface area (Å²) in [5.74, 6) is 0. The summed E-state index contributed by atoms with van der Waals surface area (Å²) in [6, 6.07) is 4.67. The molecule has 76 valence electrons. The van der Waals surface area contributed by atoms with Crippen molar-refractivity contribution in [3.05, 3.63) is 35.9 Å². The number of hydrogen-bond acceptors (Lipinski definition) is 1. The van der Waals surface area contributed by atoms with Gasteiger partial charge in [0.2, 0.25) is 0 Å². The van der Waals surface area contributed by atoms with Gasteiger partial charge in [0.25, 0.3) is 0 Å². The highest BCUT2D eigenvalue weighted by Crippen LogP contribution is 2.26. The van der Waals surface area contributed by atoms with Gasteiger partial charge in [-0.05, 0) is 17.2 Å². The van der Waals surface area contributed by atoms with Crippen molar-refractivity contribution in [3.8, 4) is 0 Å². The van der Waals surface area contributed by atoms with E-state index in [2.05, 4.69) is 19.2 Å². The Kier molecular flexibility index (Phi) is 3.26. The quantitative estimate of drug-likeness (QED) is 0.718. The second-order valence-corrected chi connectivity index (χ2v) is 3.37. The van der Waals surface area contributed by atoms with Crippen LogP contribution in [0, 0.1) is 0 Å². The monoisotopic (exact) mass is 218 g/mol. The molecule has 0 aliphatic heterocycles. The molecule has 0 amide bonds. The molecule has 0 fully saturated rings. The van der Waals surface area contributed by atoms with Gasteiger partial charge < -0.3 is 0 Å². The molecule has 0 bridgehead atoms. The second-order valence-electron chi connectivity index (χ2n) is 2.88. The third kappa shape index (κ3) is 3.10. The predicted octanol–water partition coefficient (Wildman–Crippen LogP) is 3.72. The molecular weight excluding hydrogens is 209 g/mol. The van der Waals surface area contributed by atoms with E-state index < -0.39 is 12.6 Å². The predicted molar refractivity (Wildman–Crippen MR) is 53.5 cm³/mol. The van der Waals surface area contributed by atoms with Crippen molar-refractivity contribution in [1.82, 2.24) is 0 Å². The van der Waals surface area contributed by atoms with Crippen LogP contribution in [0.3, 0.4) is 0 Å². The minimum absolute atomic E-state index is 0.179. The van der Waals surface area contributed by atoms with Crippen LogP contribution >= 0.6 is 12.6 Å².